The van der Waals surface area contributed by atoms with Crippen LogP contribution in [0.1, 0.15) is 0 Å². The van der Waals surface area contributed by atoms with Crippen molar-refractivity contribution in [3.8, 4) is 0 Å². The van der Waals surface area contributed by atoms with Crippen molar-refractivity contribution in [1.82, 2.24) is 4.90 Å². The molecule has 2 amide bonds. The Labute approximate surface area is 158 Å². The number of likely N-dealkylation sites (N-methyl/N-ethyl adjacent to an activating group) is 1. The number of nitrogens with zero attached hydrogens (tertiary/aromatic N) is 1. The Morgan fingerprint density at radius 3 is 2.37 bits per heavy atom. The molecule has 2 rings (SSSR count). The van der Waals surface area contributed by atoms with E-state index in [0.29, 0.717) is 17.4 Å². The van der Waals surface area contributed by atoms with Gasteiger partial charge in [0.1, 0.15) is 5.82 Å². The highest BCUT2D eigenvalue weighted by atomic mass is 32.2. The molecule has 0 aromatic heterocycles. The van der Waals surface area contributed by atoms with Gasteiger partial charge in [-0.15, -0.1) is 0 Å². The molecule has 0 aliphatic rings. The highest BCUT2D eigenvalue weighted by Gasteiger charge is 2.14. The van der Waals surface area contributed by atoms with Gasteiger partial charge in [-0.05, 0) is 37.4 Å². The summed E-state index contributed by atoms with van der Waals surface area (Å²) >= 11 is 0.343. The number of hydrogen-bond acceptors (Lipinski definition) is 4. The predicted molar refractivity (Wildman–Crippen MR) is 99.5 cm³/mol. The third kappa shape index (κ3) is 7.32. The van der Waals surface area contributed by atoms with E-state index in [4.69, 9.17) is 0 Å². The van der Waals surface area contributed by atoms with Crippen LogP contribution in [-0.2, 0) is 9.59 Å². The first-order valence-corrected chi connectivity index (χ1v) is 8.79. The molecule has 2 aromatic rings. The van der Waals surface area contributed by atoms with Crippen LogP contribution < -0.4 is 10.6 Å². The monoisotopic (exact) mass is 397 g/mol. The Kier molecular flexibility index (Phi) is 7.68. The number of rotatable bonds is 8. The summed E-state index contributed by atoms with van der Waals surface area (Å²) in [7, 11) is 1.56. The number of amides is 2. The third-order valence-electron chi connectivity index (χ3n) is 3.31. The maximum Gasteiger partial charge on any atom is 0.288 e. The summed E-state index contributed by atoms with van der Waals surface area (Å²) in [5, 5.41) is 5.09. The predicted octanol–water partition coefficient (Wildman–Crippen LogP) is 3.65. The summed E-state index contributed by atoms with van der Waals surface area (Å²) < 4.78 is 38.2. The van der Waals surface area contributed by atoms with Gasteiger partial charge in [0.15, 0.2) is 0 Å². The van der Waals surface area contributed by atoms with E-state index in [1.807, 2.05) is 0 Å². The van der Waals surface area contributed by atoms with Crippen molar-refractivity contribution < 1.29 is 22.8 Å². The number of benzene rings is 2. The van der Waals surface area contributed by atoms with Crippen LogP contribution in [0.2, 0.25) is 0 Å². The third-order valence-corrected chi connectivity index (χ3v) is 4.10. The van der Waals surface area contributed by atoms with E-state index >= 15 is 0 Å². The molecule has 5 nitrogen and oxygen atoms in total. The van der Waals surface area contributed by atoms with E-state index in [1.165, 1.54) is 35.2 Å². The molecule has 0 unspecified atom stereocenters. The van der Waals surface area contributed by atoms with E-state index in [2.05, 4.69) is 10.6 Å². The van der Waals surface area contributed by atoms with Gasteiger partial charge in [-0.1, -0.05) is 30.0 Å². The molecule has 0 spiro atoms. The topological polar surface area (TPSA) is 61.4 Å². The van der Waals surface area contributed by atoms with Crippen LogP contribution in [0.3, 0.4) is 0 Å². The molecule has 0 radical (unpaired) electrons. The van der Waals surface area contributed by atoms with Gasteiger partial charge in [-0.2, -0.15) is 8.78 Å². The fraction of sp³-hybridized carbons (Fsp3) is 0.222. The highest BCUT2D eigenvalue weighted by Crippen LogP contribution is 2.31. The van der Waals surface area contributed by atoms with Crippen molar-refractivity contribution in [3.05, 3.63) is 54.3 Å². The number of hydrogen-bond donors (Lipinski definition) is 2. The van der Waals surface area contributed by atoms with Crippen LogP contribution in [0.25, 0.3) is 0 Å². The van der Waals surface area contributed by atoms with E-state index in [0.717, 1.165) is 0 Å². The van der Waals surface area contributed by atoms with Crippen molar-refractivity contribution in [1.29, 1.82) is 0 Å². The zero-order valence-corrected chi connectivity index (χ0v) is 15.2. The second kappa shape index (κ2) is 9.98. The molecule has 2 aromatic carbocycles. The number of halogens is 3. The summed E-state index contributed by atoms with van der Waals surface area (Å²) in [4.78, 5) is 25.8. The summed E-state index contributed by atoms with van der Waals surface area (Å²) in [6.45, 7) is -0.221. The molecule has 0 saturated carbocycles. The average Bonchev–Trinajstić information content (AvgIpc) is 2.55. The molecule has 0 atom stereocenters. The second-order valence-electron chi connectivity index (χ2n) is 5.65. The average molecular weight is 397 g/mol. The van der Waals surface area contributed by atoms with Crippen molar-refractivity contribution >= 4 is 35.0 Å². The number of thioether (sulfide) groups is 1. The molecule has 0 aliphatic carbocycles. The van der Waals surface area contributed by atoms with Crippen LogP contribution in [0.4, 0.5) is 24.5 Å². The van der Waals surface area contributed by atoms with Crippen molar-refractivity contribution in [2.45, 2.75) is 10.7 Å². The van der Waals surface area contributed by atoms with E-state index < -0.39 is 23.4 Å². The molecule has 144 valence electrons. The number of nitrogens with one attached hydrogen (secondary N) is 2. The van der Waals surface area contributed by atoms with Gasteiger partial charge in [-0.3, -0.25) is 14.5 Å². The van der Waals surface area contributed by atoms with Crippen molar-refractivity contribution in [2.24, 2.45) is 0 Å². The van der Waals surface area contributed by atoms with Crippen molar-refractivity contribution in [3.63, 3.8) is 0 Å². The molecular weight excluding hydrogens is 379 g/mol. The van der Waals surface area contributed by atoms with Gasteiger partial charge < -0.3 is 10.6 Å². The van der Waals surface area contributed by atoms with Gasteiger partial charge >= 0.3 is 0 Å². The molecule has 0 fully saturated rings. The number of anilines is 2. The molecule has 0 heterocycles. The summed E-state index contributed by atoms with van der Waals surface area (Å²) in [6, 6.07) is 11.7. The molecule has 2 N–H and O–H groups in total. The molecule has 0 bridgehead atoms. The summed E-state index contributed by atoms with van der Waals surface area (Å²) in [5.74, 6) is -3.93. The summed E-state index contributed by atoms with van der Waals surface area (Å²) in [6.07, 6.45) is 0. The Bertz CT molecular complexity index is 805. The SMILES string of the molecule is CN(CC(=O)Nc1cccc(F)c1)CC(=O)Nc1ccccc1SC(F)F. The first kappa shape index (κ1) is 20.8. The van der Waals surface area contributed by atoms with Gasteiger partial charge in [-0.25, -0.2) is 4.39 Å². The first-order chi connectivity index (χ1) is 12.8. The van der Waals surface area contributed by atoms with E-state index in [1.54, 1.807) is 25.2 Å². The lowest BCUT2D eigenvalue weighted by molar-refractivity contribution is -0.119. The minimum atomic E-state index is -2.60. The first-order valence-electron chi connectivity index (χ1n) is 7.91. The maximum absolute atomic E-state index is 13.1. The minimum absolute atomic E-state index is 0.0998. The zero-order valence-electron chi connectivity index (χ0n) is 14.4. The molecule has 27 heavy (non-hydrogen) atoms. The Morgan fingerprint density at radius 1 is 1.04 bits per heavy atom. The van der Waals surface area contributed by atoms with E-state index in [-0.39, 0.29) is 23.7 Å². The fourth-order valence-corrected chi connectivity index (χ4v) is 2.87. The Balaban J connectivity index is 1.86. The molecule has 9 heteroatoms. The second-order valence-corrected chi connectivity index (χ2v) is 6.69. The molecule has 0 aliphatic heterocycles. The van der Waals surface area contributed by atoms with Gasteiger partial charge in [0, 0.05) is 10.6 Å². The van der Waals surface area contributed by atoms with Gasteiger partial charge in [0.2, 0.25) is 11.8 Å². The Hall–Kier alpha value is -2.52. The van der Waals surface area contributed by atoms with Crippen LogP contribution in [0, 0.1) is 5.82 Å². The van der Waals surface area contributed by atoms with Crippen molar-refractivity contribution in [2.75, 3.05) is 30.8 Å². The zero-order chi connectivity index (χ0) is 19.8. The van der Waals surface area contributed by atoms with E-state index in [9.17, 15) is 22.8 Å². The lowest BCUT2D eigenvalue weighted by atomic mass is 10.3. The van der Waals surface area contributed by atoms with Crippen LogP contribution in [-0.4, -0.2) is 42.6 Å². The van der Waals surface area contributed by atoms with Crippen LogP contribution in [0.5, 0.6) is 0 Å². The maximum atomic E-state index is 13.1. The van der Waals surface area contributed by atoms with Gasteiger partial charge in [0.05, 0.1) is 18.8 Å². The lowest BCUT2D eigenvalue weighted by Gasteiger charge is -2.17. The van der Waals surface area contributed by atoms with Gasteiger partial charge in [0.25, 0.3) is 5.76 Å². The molecule has 0 saturated heterocycles. The number of alkyl halides is 2. The standard InChI is InChI=1S/C18H18F3N3O2S/c1-24(10-16(25)22-13-6-4-5-12(19)9-13)11-17(26)23-14-7-2-3-8-15(14)27-18(20)21/h2-9,18H,10-11H2,1H3,(H,22,25)(H,23,26). The largest absolute Gasteiger partial charge is 0.325 e. The Morgan fingerprint density at radius 2 is 1.70 bits per heavy atom. The van der Waals surface area contributed by atoms with Crippen LogP contribution in [0.15, 0.2) is 53.4 Å². The quantitative estimate of drug-likeness (QED) is 0.668. The molecular formula is C18H18F3N3O2S. The highest BCUT2D eigenvalue weighted by molar-refractivity contribution is 7.99. The smallest absolute Gasteiger partial charge is 0.288 e. The minimum Gasteiger partial charge on any atom is -0.325 e. The number of para-hydroxylation sites is 1. The normalized spacial score (nSPS) is 10.9. The fourth-order valence-electron chi connectivity index (χ4n) is 2.27. The van der Waals surface area contributed by atoms with Crippen LogP contribution >= 0.6 is 11.8 Å². The number of carbonyl (C=O) groups is 2. The summed E-state index contributed by atoms with van der Waals surface area (Å²) in [5.41, 5.74) is 0.598. The number of carbonyl (C=O) groups excluding carboxylic acids is 2. The lowest BCUT2D eigenvalue weighted by Crippen LogP contribution is -2.36.